The summed E-state index contributed by atoms with van der Waals surface area (Å²) in [5, 5.41) is 10.2. The Morgan fingerprint density at radius 2 is 2.12 bits per heavy atom. The maximum Gasteiger partial charge on any atom is 0.307 e. The van der Waals surface area contributed by atoms with Crippen molar-refractivity contribution in [3.63, 3.8) is 0 Å². The van der Waals surface area contributed by atoms with Crippen molar-refractivity contribution in [1.82, 2.24) is 9.97 Å². The Bertz CT molecular complexity index is 372. The molecule has 0 saturated heterocycles. The van der Waals surface area contributed by atoms with E-state index in [0.29, 0.717) is 0 Å². The average molecular weight is 252 g/mol. The van der Waals surface area contributed by atoms with Gasteiger partial charge in [-0.3, -0.25) is 9.78 Å². The van der Waals surface area contributed by atoms with Gasteiger partial charge in [0.1, 0.15) is 5.03 Å². The first kappa shape index (κ1) is 12.4. The van der Waals surface area contributed by atoms with Crippen molar-refractivity contribution in [2.75, 3.05) is 0 Å². The van der Waals surface area contributed by atoms with Crippen LogP contribution in [-0.2, 0) is 4.79 Å². The summed E-state index contributed by atoms with van der Waals surface area (Å²) in [7, 11) is 0. The molecule has 1 saturated carbocycles. The van der Waals surface area contributed by atoms with Gasteiger partial charge in [-0.1, -0.05) is 19.3 Å². The summed E-state index contributed by atoms with van der Waals surface area (Å²) in [6.45, 7) is 0. The number of aliphatic carboxylic acids is 1. The van der Waals surface area contributed by atoms with Crippen molar-refractivity contribution in [1.29, 1.82) is 0 Å². The fourth-order valence-corrected chi connectivity index (χ4v) is 3.45. The second-order valence-corrected chi connectivity index (χ2v) is 5.54. The summed E-state index contributed by atoms with van der Waals surface area (Å²) in [5.74, 6) is -0.919. The number of carboxylic acid groups (broad SMARTS) is 1. The largest absolute Gasteiger partial charge is 0.481 e. The summed E-state index contributed by atoms with van der Waals surface area (Å²) in [4.78, 5) is 19.5. The van der Waals surface area contributed by atoms with Crippen LogP contribution in [0.3, 0.4) is 0 Å². The summed E-state index contributed by atoms with van der Waals surface area (Å²) in [6, 6.07) is 0. The molecule has 2 rings (SSSR count). The number of hydrogen-bond acceptors (Lipinski definition) is 4. The quantitative estimate of drug-likeness (QED) is 0.838. The van der Waals surface area contributed by atoms with Gasteiger partial charge in [-0.15, -0.1) is 11.8 Å². The molecule has 1 aromatic rings. The Morgan fingerprint density at radius 3 is 2.82 bits per heavy atom. The normalized spacial score (nSPS) is 25.2. The van der Waals surface area contributed by atoms with Crippen molar-refractivity contribution in [2.24, 2.45) is 5.92 Å². The van der Waals surface area contributed by atoms with E-state index in [9.17, 15) is 9.90 Å². The van der Waals surface area contributed by atoms with Crippen LogP contribution in [0.5, 0.6) is 0 Å². The monoisotopic (exact) mass is 252 g/mol. The van der Waals surface area contributed by atoms with Gasteiger partial charge in [0.05, 0.1) is 12.1 Å². The van der Waals surface area contributed by atoms with E-state index in [1.807, 2.05) is 0 Å². The van der Waals surface area contributed by atoms with Gasteiger partial charge in [-0.05, 0) is 12.8 Å². The molecule has 1 heterocycles. The predicted octanol–water partition coefficient (Wildman–Crippen LogP) is 2.60. The van der Waals surface area contributed by atoms with Crippen LogP contribution in [0.4, 0.5) is 0 Å². The van der Waals surface area contributed by atoms with Crippen LogP contribution < -0.4 is 0 Å². The van der Waals surface area contributed by atoms with E-state index in [-0.39, 0.29) is 11.2 Å². The minimum absolute atomic E-state index is 0.131. The van der Waals surface area contributed by atoms with Crippen LogP contribution in [0.2, 0.25) is 0 Å². The van der Waals surface area contributed by atoms with E-state index in [2.05, 4.69) is 9.97 Å². The third kappa shape index (κ3) is 3.43. The maximum atomic E-state index is 11.3. The third-order valence-electron chi connectivity index (χ3n) is 3.08. The molecule has 0 bridgehead atoms. The highest BCUT2D eigenvalue weighted by Crippen LogP contribution is 2.35. The molecular weight excluding hydrogens is 236 g/mol. The molecule has 2 unspecified atom stereocenters. The molecule has 1 aromatic heterocycles. The van der Waals surface area contributed by atoms with Crippen LogP contribution >= 0.6 is 11.8 Å². The fraction of sp³-hybridized carbons (Fsp3) is 0.583. The van der Waals surface area contributed by atoms with Gasteiger partial charge in [0.2, 0.25) is 0 Å². The molecule has 0 radical (unpaired) electrons. The number of rotatable bonds is 3. The van der Waals surface area contributed by atoms with Crippen LogP contribution in [0, 0.1) is 5.92 Å². The standard InChI is InChI=1S/C12H16N2O2S/c15-12(16)9-4-2-1-3-5-10(9)17-11-8-13-6-7-14-11/h6-10H,1-5H2,(H,15,16). The molecule has 5 heteroatoms. The lowest BCUT2D eigenvalue weighted by atomic mass is 10.0. The van der Waals surface area contributed by atoms with Crippen molar-refractivity contribution < 1.29 is 9.90 Å². The number of thioether (sulfide) groups is 1. The highest BCUT2D eigenvalue weighted by Gasteiger charge is 2.30. The molecule has 1 aliphatic carbocycles. The van der Waals surface area contributed by atoms with E-state index in [4.69, 9.17) is 0 Å². The van der Waals surface area contributed by atoms with Crippen molar-refractivity contribution in [2.45, 2.75) is 42.4 Å². The molecular formula is C12H16N2O2S. The number of carbonyl (C=O) groups is 1. The Morgan fingerprint density at radius 1 is 1.29 bits per heavy atom. The fourth-order valence-electron chi connectivity index (χ4n) is 2.20. The van der Waals surface area contributed by atoms with Crippen LogP contribution in [0.15, 0.2) is 23.6 Å². The van der Waals surface area contributed by atoms with E-state index in [1.54, 1.807) is 30.4 Å². The molecule has 1 aliphatic rings. The first-order chi connectivity index (χ1) is 8.27. The van der Waals surface area contributed by atoms with E-state index in [1.165, 1.54) is 0 Å². The Kier molecular flexibility index (Phi) is 4.36. The maximum absolute atomic E-state index is 11.3. The van der Waals surface area contributed by atoms with Gasteiger partial charge in [0.15, 0.2) is 0 Å². The summed E-state index contributed by atoms with van der Waals surface area (Å²) >= 11 is 1.56. The van der Waals surface area contributed by atoms with Gasteiger partial charge in [0.25, 0.3) is 0 Å². The van der Waals surface area contributed by atoms with Crippen molar-refractivity contribution >= 4 is 17.7 Å². The minimum Gasteiger partial charge on any atom is -0.481 e. The lowest BCUT2D eigenvalue weighted by Gasteiger charge is -2.20. The molecule has 0 amide bonds. The van der Waals surface area contributed by atoms with Gasteiger partial charge < -0.3 is 5.11 Å². The Hall–Kier alpha value is -1.10. The van der Waals surface area contributed by atoms with E-state index in [0.717, 1.165) is 37.1 Å². The second kappa shape index (κ2) is 6.00. The number of aromatic nitrogens is 2. The van der Waals surface area contributed by atoms with E-state index >= 15 is 0 Å². The zero-order chi connectivity index (χ0) is 12.1. The Balaban J connectivity index is 2.07. The summed E-state index contributed by atoms with van der Waals surface area (Å²) in [5.41, 5.74) is 0. The minimum atomic E-state index is -0.673. The molecule has 1 fully saturated rings. The van der Waals surface area contributed by atoms with Gasteiger partial charge in [-0.2, -0.15) is 0 Å². The number of hydrogen-bond donors (Lipinski definition) is 1. The second-order valence-electron chi connectivity index (χ2n) is 4.28. The SMILES string of the molecule is O=C(O)C1CCCCCC1Sc1cnccn1. The molecule has 2 atom stereocenters. The molecule has 92 valence electrons. The van der Waals surface area contributed by atoms with Crippen LogP contribution in [0.1, 0.15) is 32.1 Å². The lowest BCUT2D eigenvalue weighted by molar-refractivity contribution is -0.141. The Labute approximate surface area is 105 Å². The molecule has 1 N–H and O–H groups in total. The average Bonchev–Trinajstić information content (AvgIpc) is 2.56. The molecule has 4 nitrogen and oxygen atoms in total. The molecule has 0 aliphatic heterocycles. The van der Waals surface area contributed by atoms with Crippen molar-refractivity contribution in [3.05, 3.63) is 18.6 Å². The van der Waals surface area contributed by atoms with E-state index < -0.39 is 5.97 Å². The topological polar surface area (TPSA) is 63.1 Å². The smallest absolute Gasteiger partial charge is 0.307 e. The highest BCUT2D eigenvalue weighted by atomic mass is 32.2. The number of carboxylic acids is 1. The predicted molar refractivity (Wildman–Crippen MR) is 65.9 cm³/mol. The van der Waals surface area contributed by atoms with Gasteiger partial charge in [0, 0.05) is 17.6 Å². The first-order valence-corrected chi connectivity index (χ1v) is 6.81. The van der Waals surface area contributed by atoms with Gasteiger partial charge in [-0.25, -0.2) is 4.98 Å². The lowest BCUT2D eigenvalue weighted by Crippen LogP contribution is -2.24. The summed E-state index contributed by atoms with van der Waals surface area (Å²) < 4.78 is 0. The third-order valence-corrected chi connectivity index (χ3v) is 4.40. The van der Waals surface area contributed by atoms with Crippen LogP contribution in [-0.4, -0.2) is 26.3 Å². The molecule has 17 heavy (non-hydrogen) atoms. The molecule has 0 spiro atoms. The molecule has 0 aromatic carbocycles. The van der Waals surface area contributed by atoms with Gasteiger partial charge >= 0.3 is 5.97 Å². The number of nitrogens with zero attached hydrogens (tertiary/aromatic N) is 2. The van der Waals surface area contributed by atoms with Crippen molar-refractivity contribution in [3.8, 4) is 0 Å². The first-order valence-electron chi connectivity index (χ1n) is 5.93. The summed E-state index contributed by atoms with van der Waals surface area (Å²) in [6.07, 6.45) is 10.00. The highest BCUT2D eigenvalue weighted by molar-refractivity contribution is 7.99. The zero-order valence-electron chi connectivity index (χ0n) is 9.58. The zero-order valence-corrected chi connectivity index (χ0v) is 10.4. The van der Waals surface area contributed by atoms with Crippen LogP contribution in [0.25, 0.3) is 0 Å².